The van der Waals surface area contributed by atoms with E-state index in [2.05, 4.69) is 5.32 Å². The summed E-state index contributed by atoms with van der Waals surface area (Å²) in [5.41, 5.74) is 0.613. The van der Waals surface area contributed by atoms with Gasteiger partial charge in [0.05, 0.1) is 23.0 Å². The molecule has 1 heterocycles. The van der Waals surface area contributed by atoms with Crippen molar-refractivity contribution in [1.29, 1.82) is 0 Å². The van der Waals surface area contributed by atoms with E-state index in [0.29, 0.717) is 5.69 Å². The second-order valence-corrected chi connectivity index (χ2v) is 7.67. The van der Waals surface area contributed by atoms with Crippen LogP contribution in [0.25, 0.3) is 0 Å². The molecule has 0 aliphatic carbocycles. The first-order valence-electron chi connectivity index (χ1n) is 7.16. The predicted octanol–water partition coefficient (Wildman–Crippen LogP) is 0.976. The van der Waals surface area contributed by atoms with Crippen molar-refractivity contribution in [3.63, 3.8) is 0 Å². The topological polar surface area (TPSA) is 107 Å². The van der Waals surface area contributed by atoms with Crippen molar-refractivity contribution in [1.82, 2.24) is 4.31 Å². The second-order valence-electron chi connectivity index (χ2n) is 4.82. The zero-order valence-corrected chi connectivity index (χ0v) is 14.4. The van der Waals surface area contributed by atoms with Crippen LogP contribution in [0.4, 0.5) is 5.69 Å². The minimum absolute atomic E-state index is 0.0346. The predicted molar refractivity (Wildman–Crippen MR) is 91.6 cm³/mol. The van der Waals surface area contributed by atoms with Crippen LogP contribution in [0.2, 0.25) is 0 Å². The Kier molecular flexibility index (Phi) is 6.46. The molecule has 0 spiro atoms. The molecule has 0 unspecified atom stereocenters. The lowest BCUT2D eigenvalue weighted by Gasteiger charge is -2.19. The number of anilines is 1. The first-order valence-corrected chi connectivity index (χ1v) is 9.48. The average Bonchev–Trinajstić information content (AvgIpc) is 3.06. The summed E-state index contributed by atoms with van der Waals surface area (Å²) in [6.07, 6.45) is 0. The molecule has 1 amide bonds. The molecular weight excluding hydrogens is 352 g/mol. The minimum Gasteiger partial charge on any atom is -0.395 e. The summed E-state index contributed by atoms with van der Waals surface area (Å²) in [6, 6.07) is 10.1. The Hall–Kier alpha value is -1.78. The number of aliphatic hydroxyl groups is 2. The largest absolute Gasteiger partial charge is 0.395 e. The third kappa shape index (κ3) is 4.40. The molecule has 130 valence electrons. The maximum absolute atomic E-state index is 12.5. The number of thiophene rings is 1. The summed E-state index contributed by atoms with van der Waals surface area (Å²) in [6.45, 7) is -0.954. The summed E-state index contributed by atoms with van der Waals surface area (Å²) < 4.78 is 26.0. The summed E-state index contributed by atoms with van der Waals surface area (Å²) in [5.74, 6) is -0.400. The molecule has 9 heteroatoms. The Morgan fingerprint density at radius 2 is 1.75 bits per heavy atom. The molecule has 0 bridgehead atoms. The molecule has 7 nitrogen and oxygen atoms in total. The maximum Gasteiger partial charge on any atom is 0.265 e. The summed E-state index contributed by atoms with van der Waals surface area (Å²) in [4.78, 5) is 12.4. The molecule has 0 fully saturated rings. The van der Waals surface area contributed by atoms with E-state index in [-0.39, 0.29) is 36.1 Å². The lowest BCUT2D eigenvalue weighted by atomic mass is 10.3. The molecule has 0 atom stereocenters. The van der Waals surface area contributed by atoms with Crippen molar-refractivity contribution >= 4 is 33.0 Å². The molecule has 1 aromatic carbocycles. The normalized spacial score (nSPS) is 11.6. The second kappa shape index (κ2) is 8.36. The van der Waals surface area contributed by atoms with E-state index < -0.39 is 15.9 Å². The Bertz CT molecular complexity index is 768. The monoisotopic (exact) mass is 370 g/mol. The fraction of sp³-hybridized carbons (Fsp3) is 0.267. The highest BCUT2D eigenvalue weighted by atomic mass is 32.2. The quantitative estimate of drug-likeness (QED) is 0.642. The number of carbonyl (C=O) groups excluding carboxylic acids is 1. The molecule has 0 saturated carbocycles. The summed E-state index contributed by atoms with van der Waals surface area (Å²) >= 11 is 1.01. The van der Waals surface area contributed by atoms with Crippen molar-refractivity contribution in [3.8, 4) is 0 Å². The van der Waals surface area contributed by atoms with Gasteiger partial charge in [-0.15, -0.1) is 11.3 Å². The smallest absolute Gasteiger partial charge is 0.265 e. The Labute approximate surface area is 144 Å². The van der Waals surface area contributed by atoms with Gasteiger partial charge in [-0.25, -0.2) is 8.42 Å². The number of nitrogens with zero attached hydrogens (tertiary/aromatic N) is 1. The lowest BCUT2D eigenvalue weighted by Crippen LogP contribution is -2.35. The number of sulfonamides is 1. The van der Waals surface area contributed by atoms with Crippen LogP contribution in [-0.4, -0.2) is 55.1 Å². The van der Waals surface area contributed by atoms with Gasteiger partial charge >= 0.3 is 0 Å². The highest BCUT2D eigenvalue weighted by Gasteiger charge is 2.26. The summed E-state index contributed by atoms with van der Waals surface area (Å²) in [7, 11) is -3.87. The summed E-state index contributed by atoms with van der Waals surface area (Å²) in [5, 5.41) is 22.0. The van der Waals surface area contributed by atoms with E-state index in [1.807, 2.05) is 6.07 Å². The molecule has 0 aliphatic heterocycles. The number of nitrogens with one attached hydrogen (secondary N) is 1. The van der Waals surface area contributed by atoms with Crippen LogP contribution >= 0.6 is 11.3 Å². The van der Waals surface area contributed by atoms with Gasteiger partial charge in [-0.1, -0.05) is 18.2 Å². The molecule has 3 N–H and O–H groups in total. The van der Waals surface area contributed by atoms with Gasteiger partial charge in [0.1, 0.15) is 0 Å². The molecule has 24 heavy (non-hydrogen) atoms. The maximum atomic E-state index is 12.5. The van der Waals surface area contributed by atoms with Crippen molar-refractivity contribution < 1.29 is 23.4 Å². The Morgan fingerprint density at radius 1 is 1.12 bits per heavy atom. The van der Waals surface area contributed by atoms with Crippen molar-refractivity contribution in [2.24, 2.45) is 0 Å². The Morgan fingerprint density at radius 3 is 2.33 bits per heavy atom. The van der Waals surface area contributed by atoms with Gasteiger partial charge in [0, 0.05) is 24.2 Å². The molecule has 0 aliphatic rings. The van der Waals surface area contributed by atoms with Crippen molar-refractivity contribution in [2.75, 3.05) is 31.6 Å². The van der Waals surface area contributed by atoms with Crippen LogP contribution in [0.3, 0.4) is 0 Å². The van der Waals surface area contributed by atoms with E-state index in [0.717, 1.165) is 15.6 Å². The van der Waals surface area contributed by atoms with Crippen LogP contribution in [0.1, 0.15) is 9.67 Å². The van der Waals surface area contributed by atoms with Crippen LogP contribution in [0, 0.1) is 0 Å². The number of amides is 1. The third-order valence-corrected chi connectivity index (χ3v) is 6.12. The number of para-hydroxylation sites is 1. The standard InChI is InChI=1S/C15H18N2O5S2/c18-8-6-17(7-9-19)24(21,22)13-10-14(23-11-13)15(20)16-12-4-2-1-3-5-12/h1-5,10-11,18-19H,6-9H2,(H,16,20). The van der Waals surface area contributed by atoms with Gasteiger partial charge in [-0.05, 0) is 18.2 Å². The first kappa shape index (κ1) is 18.6. The van der Waals surface area contributed by atoms with Crippen molar-refractivity contribution in [2.45, 2.75) is 4.90 Å². The van der Waals surface area contributed by atoms with Crippen LogP contribution in [0.5, 0.6) is 0 Å². The zero-order chi connectivity index (χ0) is 17.6. The molecule has 1 aromatic heterocycles. The van der Waals surface area contributed by atoms with E-state index in [4.69, 9.17) is 10.2 Å². The molecule has 0 radical (unpaired) electrons. The van der Waals surface area contributed by atoms with Gasteiger partial charge in [-0.2, -0.15) is 4.31 Å². The van der Waals surface area contributed by atoms with Crippen LogP contribution in [0.15, 0.2) is 46.7 Å². The van der Waals surface area contributed by atoms with Crippen LogP contribution < -0.4 is 5.32 Å². The van der Waals surface area contributed by atoms with E-state index in [9.17, 15) is 13.2 Å². The van der Waals surface area contributed by atoms with Crippen molar-refractivity contribution in [3.05, 3.63) is 46.7 Å². The average molecular weight is 370 g/mol. The van der Waals surface area contributed by atoms with Gasteiger partial charge in [0.15, 0.2) is 0 Å². The first-order chi connectivity index (χ1) is 11.5. The molecule has 2 aromatic rings. The Balaban J connectivity index is 2.18. The molecule has 2 rings (SSSR count). The number of carbonyl (C=O) groups is 1. The number of benzene rings is 1. The third-order valence-electron chi connectivity index (χ3n) is 3.17. The number of rotatable bonds is 8. The van der Waals surface area contributed by atoms with E-state index >= 15 is 0 Å². The fourth-order valence-corrected chi connectivity index (χ4v) is 4.59. The lowest BCUT2D eigenvalue weighted by molar-refractivity contribution is 0.103. The SMILES string of the molecule is O=C(Nc1ccccc1)c1cc(S(=O)(=O)N(CCO)CCO)cs1. The van der Waals surface area contributed by atoms with E-state index in [1.54, 1.807) is 24.3 Å². The number of hydrogen-bond acceptors (Lipinski definition) is 6. The van der Waals surface area contributed by atoms with E-state index in [1.165, 1.54) is 11.4 Å². The fourth-order valence-electron chi connectivity index (χ4n) is 2.01. The molecular formula is C15H18N2O5S2. The van der Waals surface area contributed by atoms with Gasteiger partial charge in [-0.3, -0.25) is 4.79 Å². The number of aliphatic hydroxyl groups excluding tert-OH is 2. The van der Waals surface area contributed by atoms with Gasteiger partial charge in [0.2, 0.25) is 10.0 Å². The van der Waals surface area contributed by atoms with Gasteiger partial charge < -0.3 is 15.5 Å². The zero-order valence-electron chi connectivity index (χ0n) is 12.8. The number of hydrogen-bond donors (Lipinski definition) is 3. The van der Waals surface area contributed by atoms with Gasteiger partial charge in [0.25, 0.3) is 5.91 Å². The minimum atomic E-state index is -3.87. The highest BCUT2D eigenvalue weighted by molar-refractivity contribution is 7.89. The molecule has 0 saturated heterocycles. The van der Waals surface area contributed by atoms with Crippen LogP contribution in [-0.2, 0) is 10.0 Å². The highest BCUT2D eigenvalue weighted by Crippen LogP contribution is 2.23.